The fourth-order valence-electron chi connectivity index (χ4n) is 2.68. The summed E-state index contributed by atoms with van der Waals surface area (Å²) in [4.78, 5) is 18.2. The van der Waals surface area contributed by atoms with Crippen molar-refractivity contribution in [2.75, 3.05) is 5.32 Å². The van der Waals surface area contributed by atoms with Crippen LogP contribution < -0.4 is 5.32 Å². The van der Waals surface area contributed by atoms with Crippen LogP contribution >= 0.6 is 22.7 Å². The highest BCUT2D eigenvalue weighted by atomic mass is 32.1. The molecule has 0 aliphatic carbocycles. The molecule has 1 amide bonds. The number of thiophene rings is 1. The van der Waals surface area contributed by atoms with Crippen LogP contribution in [0.25, 0.3) is 21.7 Å². The molecule has 2 aromatic carbocycles. The highest BCUT2D eigenvalue weighted by Gasteiger charge is 2.09. The van der Waals surface area contributed by atoms with Crippen LogP contribution in [0.5, 0.6) is 0 Å². The molecule has 2 aromatic heterocycles. The number of rotatable bonds is 4. The van der Waals surface area contributed by atoms with E-state index in [1.807, 2.05) is 72.3 Å². The molecular weight excluding hydrogens is 360 g/mol. The number of anilines is 1. The summed E-state index contributed by atoms with van der Waals surface area (Å²) in [6.45, 7) is 1.99. The number of hydrogen-bond acceptors (Lipinski definition) is 4. The van der Waals surface area contributed by atoms with Gasteiger partial charge in [0.15, 0.2) is 0 Å². The minimum Gasteiger partial charge on any atom is -0.322 e. The first-order valence-electron chi connectivity index (χ1n) is 8.17. The number of benzene rings is 2. The molecule has 1 N–H and O–H groups in total. The Labute approximate surface area is 160 Å². The third kappa shape index (κ3) is 3.59. The largest absolute Gasteiger partial charge is 0.322 e. The molecule has 128 valence electrons. The van der Waals surface area contributed by atoms with Crippen LogP contribution in [0.3, 0.4) is 0 Å². The first-order chi connectivity index (χ1) is 12.7. The summed E-state index contributed by atoms with van der Waals surface area (Å²) < 4.78 is 0. The Kier molecular flexibility index (Phi) is 4.65. The van der Waals surface area contributed by atoms with Crippen molar-refractivity contribution in [1.29, 1.82) is 0 Å². The third-order valence-electron chi connectivity index (χ3n) is 3.99. The summed E-state index contributed by atoms with van der Waals surface area (Å²) in [5.41, 5.74) is 4.46. The molecular formula is C21H16N2OS2. The van der Waals surface area contributed by atoms with Gasteiger partial charge in [0.25, 0.3) is 5.91 Å². The van der Waals surface area contributed by atoms with Gasteiger partial charge in [0, 0.05) is 27.1 Å². The van der Waals surface area contributed by atoms with Gasteiger partial charge in [-0.25, -0.2) is 4.98 Å². The first-order valence-corrected chi connectivity index (χ1v) is 9.93. The number of carbonyl (C=O) groups is 1. The van der Waals surface area contributed by atoms with E-state index in [2.05, 4.69) is 16.4 Å². The molecule has 0 aliphatic rings. The number of hydrogen-bond donors (Lipinski definition) is 1. The molecule has 0 saturated heterocycles. The van der Waals surface area contributed by atoms with E-state index < -0.39 is 0 Å². The molecule has 0 aliphatic heterocycles. The van der Waals surface area contributed by atoms with Crippen molar-refractivity contribution in [2.24, 2.45) is 0 Å². The summed E-state index contributed by atoms with van der Waals surface area (Å²) in [5, 5.41) is 8.07. The van der Waals surface area contributed by atoms with Gasteiger partial charge in [-0.1, -0.05) is 30.3 Å². The quantitative estimate of drug-likeness (QED) is 0.467. The lowest BCUT2D eigenvalue weighted by atomic mass is 10.1. The van der Waals surface area contributed by atoms with E-state index in [9.17, 15) is 4.79 Å². The van der Waals surface area contributed by atoms with E-state index in [1.165, 1.54) is 4.88 Å². The van der Waals surface area contributed by atoms with Gasteiger partial charge in [0.05, 0.1) is 10.7 Å². The lowest BCUT2D eigenvalue weighted by molar-refractivity contribution is 0.102. The average Bonchev–Trinajstić information content (AvgIpc) is 3.34. The maximum atomic E-state index is 12.5. The number of thiazole rings is 1. The van der Waals surface area contributed by atoms with Crippen LogP contribution in [0.15, 0.2) is 71.4 Å². The summed E-state index contributed by atoms with van der Waals surface area (Å²) in [6.07, 6.45) is 0. The van der Waals surface area contributed by atoms with Crippen molar-refractivity contribution in [3.63, 3.8) is 0 Å². The normalized spacial score (nSPS) is 10.7. The van der Waals surface area contributed by atoms with E-state index in [1.54, 1.807) is 22.7 Å². The molecule has 0 fully saturated rings. The Balaban J connectivity index is 1.51. The van der Waals surface area contributed by atoms with E-state index >= 15 is 0 Å². The van der Waals surface area contributed by atoms with E-state index in [0.29, 0.717) is 5.56 Å². The van der Waals surface area contributed by atoms with Crippen molar-refractivity contribution < 1.29 is 4.79 Å². The van der Waals surface area contributed by atoms with Gasteiger partial charge >= 0.3 is 0 Å². The van der Waals surface area contributed by atoms with E-state index in [-0.39, 0.29) is 5.91 Å². The zero-order valence-corrected chi connectivity index (χ0v) is 15.7. The van der Waals surface area contributed by atoms with Crippen LogP contribution in [0, 0.1) is 6.92 Å². The number of aryl methyl sites for hydroxylation is 1. The van der Waals surface area contributed by atoms with Crippen molar-refractivity contribution in [3.05, 3.63) is 82.0 Å². The Morgan fingerprint density at radius 2 is 1.81 bits per heavy atom. The van der Waals surface area contributed by atoms with Crippen molar-refractivity contribution >= 4 is 34.3 Å². The molecule has 4 rings (SSSR count). The van der Waals surface area contributed by atoms with Gasteiger partial charge in [-0.2, -0.15) is 0 Å². The Morgan fingerprint density at radius 1 is 0.962 bits per heavy atom. The predicted octanol–water partition coefficient (Wildman–Crippen LogP) is 6.10. The lowest BCUT2D eigenvalue weighted by Crippen LogP contribution is -2.11. The van der Waals surface area contributed by atoms with Gasteiger partial charge < -0.3 is 5.32 Å². The number of nitrogens with zero attached hydrogens (tertiary/aromatic N) is 1. The Bertz CT molecular complexity index is 1030. The van der Waals surface area contributed by atoms with E-state index in [4.69, 9.17) is 0 Å². The molecule has 0 unspecified atom stereocenters. The third-order valence-corrected chi connectivity index (χ3v) is 5.68. The highest BCUT2D eigenvalue weighted by Crippen LogP contribution is 2.26. The zero-order valence-electron chi connectivity index (χ0n) is 14.1. The number of carbonyl (C=O) groups excluding carboxylic acids is 1. The van der Waals surface area contributed by atoms with E-state index in [0.717, 1.165) is 27.5 Å². The average molecular weight is 377 g/mol. The van der Waals surface area contributed by atoms with Crippen LogP contribution in [0.2, 0.25) is 0 Å². The van der Waals surface area contributed by atoms with Crippen LogP contribution in [-0.4, -0.2) is 10.9 Å². The minimum atomic E-state index is -0.116. The minimum absolute atomic E-state index is 0.116. The zero-order chi connectivity index (χ0) is 17.9. The molecule has 26 heavy (non-hydrogen) atoms. The molecule has 0 spiro atoms. The van der Waals surface area contributed by atoms with Crippen molar-refractivity contribution in [2.45, 2.75) is 6.92 Å². The van der Waals surface area contributed by atoms with Gasteiger partial charge in [-0.05, 0) is 48.2 Å². The summed E-state index contributed by atoms with van der Waals surface area (Å²) >= 11 is 3.31. The molecule has 5 heteroatoms. The Hall–Kier alpha value is -2.76. The number of nitrogens with one attached hydrogen (secondary N) is 1. The standard InChI is InChI=1S/C21H16N2OS2/c1-14-22-19(13-26-14)17-4-2-5-18(12-17)23-21(24)16-9-7-15(8-10-16)20-6-3-11-25-20/h2-13H,1H3,(H,23,24). The lowest BCUT2D eigenvalue weighted by Gasteiger charge is -2.07. The second kappa shape index (κ2) is 7.23. The fraction of sp³-hybridized carbons (Fsp3) is 0.0476. The van der Waals surface area contributed by atoms with Gasteiger partial charge in [-0.3, -0.25) is 4.79 Å². The molecule has 0 saturated carbocycles. The van der Waals surface area contributed by atoms with Gasteiger partial charge in [-0.15, -0.1) is 22.7 Å². The first kappa shape index (κ1) is 16.7. The number of aromatic nitrogens is 1. The van der Waals surface area contributed by atoms with Crippen LogP contribution in [0.1, 0.15) is 15.4 Å². The topological polar surface area (TPSA) is 42.0 Å². The fourth-order valence-corrected chi connectivity index (χ4v) is 4.04. The maximum absolute atomic E-state index is 12.5. The summed E-state index contributed by atoms with van der Waals surface area (Å²) in [5.74, 6) is -0.116. The summed E-state index contributed by atoms with van der Waals surface area (Å²) in [7, 11) is 0. The van der Waals surface area contributed by atoms with Gasteiger partial charge in [0.1, 0.15) is 0 Å². The van der Waals surface area contributed by atoms with Crippen LogP contribution in [-0.2, 0) is 0 Å². The van der Waals surface area contributed by atoms with Crippen molar-refractivity contribution in [3.8, 4) is 21.7 Å². The molecule has 0 atom stereocenters. The second-order valence-electron chi connectivity index (χ2n) is 5.84. The Morgan fingerprint density at radius 3 is 2.50 bits per heavy atom. The maximum Gasteiger partial charge on any atom is 0.255 e. The predicted molar refractivity (Wildman–Crippen MR) is 110 cm³/mol. The SMILES string of the molecule is Cc1nc(-c2cccc(NC(=O)c3ccc(-c4cccs4)cc3)c2)cs1. The molecule has 4 aromatic rings. The monoisotopic (exact) mass is 376 g/mol. The van der Waals surface area contributed by atoms with Gasteiger partial charge in [0.2, 0.25) is 0 Å². The summed E-state index contributed by atoms with van der Waals surface area (Å²) in [6, 6.07) is 19.6. The molecule has 3 nitrogen and oxygen atoms in total. The molecule has 0 radical (unpaired) electrons. The molecule has 0 bridgehead atoms. The van der Waals surface area contributed by atoms with Crippen molar-refractivity contribution in [1.82, 2.24) is 4.98 Å². The van der Waals surface area contributed by atoms with Crippen LogP contribution in [0.4, 0.5) is 5.69 Å². The second-order valence-corrected chi connectivity index (χ2v) is 7.85. The number of amides is 1. The highest BCUT2D eigenvalue weighted by molar-refractivity contribution is 7.13. The smallest absolute Gasteiger partial charge is 0.255 e. The molecule has 2 heterocycles.